The predicted octanol–water partition coefficient (Wildman–Crippen LogP) is 1.22. The summed E-state index contributed by atoms with van der Waals surface area (Å²) in [6.45, 7) is 3.16. The highest BCUT2D eigenvalue weighted by molar-refractivity contribution is 5.84. The second-order valence-electron chi connectivity index (χ2n) is 6.37. The van der Waals surface area contributed by atoms with Crippen LogP contribution in [0.3, 0.4) is 0 Å². The van der Waals surface area contributed by atoms with Gasteiger partial charge >= 0.3 is 0 Å². The molecule has 5 heteroatoms. The minimum absolute atomic E-state index is 0.109. The number of rotatable bonds is 3. The van der Waals surface area contributed by atoms with Crippen molar-refractivity contribution in [1.29, 1.82) is 0 Å². The molecule has 2 atom stereocenters. The normalized spacial score (nSPS) is 28.1. The van der Waals surface area contributed by atoms with Gasteiger partial charge in [-0.25, -0.2) is 0 Å². The lowest BCUT2D eigenvalue weighted by Gasteiger charge is -2.37. The van der Waals surface area contributed by atoms with E-state index in [0.717, 1.165) is 37.8 Å². The van der Waals surface area contributed by atoms with Gasteiger partial charge in [0.1, 0.15) is 0 Å². The first-order valence-electron chi connectivity index (χ1n) is 7.82. The lowest BCUT2D eigenvalue weighted by atomic mass is 9.70. The number of H-pyrrole nitrogens is 1. The Bertz CT molecular complexity index is 595. The fourth-order valence-corrected chi connectivity index (χ4v) is 3.83. The van der Waals surface area contributed by atoms with Gasteiger partial charge in [0, 0.05) is 24.3 Å². The number of carbonyl (C=O) groups excluding carboxylic acids is 1. The Balaban J connectivity index is 1.71. The van der Waals surface area contributed by atoms with Gasteiger partial charge in [0.25, 0.3) is 5.56 Å². The largest absolute Gasteiger partial charge is 0.351 e. The molecule has 1 aromatic rings. The molecule has 2 heterocycles. The van der Waals surface area contributed by atoms with Crippen LogP contribution in [-0.2, 0) is 11.3 Å². The van der Waals surface area contributed by atoms with Crippen LogP contribution in [0.15, 0.2) is 17.1 Å². The van der Waals surface area contributed by atoms with Gasteiger partial charge in [-0.3, -0.25) is 9.59 Å². The summed E-state index contributed by atoms with van der Waals surface area (Å²) in [4.78, 5) is 27.2. The zero-order valence-corrected chi connectivity index (χ0v) is 12.5. The van der Waals surface area contributed by atoms with E-state index in [9.17, 15) is 9.59 Å². The number of carbonyl (C=O) groups is 1. The molecule has 0 spiro atoms. The first-order valence-corrected chi connectivity index (χ1v) is 7.82. The van der Waals surface area contributed by atoms with E-state index in [4.69, 9.17) is 0 Å². The number of nitrogens with one attached hydrogen (secondary N) is 3. The SMILES string of the molecule is Cc1c[nH]c(=O)c(CNC(=O)[C@@]23CCCC[C@@H]2NCC3)c1. The molecule has 3 N–H and O–H groups in total. The van der Waals surface area contributed by atoms with Crippen LogP contribution in [0.25, 0.3) is 0 Å². The fraction of sp³-hybridized carbons (Fsp3) is 0.625. The number of amides is 1. The first-order chi connectivity index (χ1) is 10.1. The molecule has 114 valence electrons. The Morgan fingerprint density at radius 3 is 3.14 bits per heavy atom. The Labute approximate surface area is 124 Å². The van der Waals surface area contributed by atoms with E-state index in [0.29, 0.717) is 18.2 Å². The lowest BCUT2D eigenvalue weighted by Crippen LogP contribution is -2.50. The summed E-state index contributed by atoms with van der Waals surface area (Å²) in [6, 6.07) is 2.14. The third-order valence-electron chi connectivity index (χ3n) is 5.01. The van der Waals surface area contributed by atoms with Crippen molar-refractivity contribution in [3.8, 4) is 0 Å². The summed E-state index contributed by atoms with van der Waals surface area (Å²) in [5, 5.41) is 6.47. The van der Waals surface area contributed by atoms with E-state index in [-0.39, 0.29) is 16.9 Å². The summed E-state index contributed by atoms with van der Waals surface area (Å²) >= 11 is 0. The summed E-state index contributed by atoms with van der Waals surface area (Å²) < 4.78 is 0. The molecule has 0 radical (unpaired) electrons. The summed E-state index contributed by atoms with van der Waals surface area (Å²) in [7, 11) is 0. The molecule has 2 aliphatic rings. The van der Waals surface area contributed by atoms with Crippen LogP contribution >= 0.6 is 0 Å². The molecule has 3 rings (SSSR count). The smallest absolute Gasteiger partial charge is 0.252 e. The zero-order valence-electron chi connectivity index (χ0n) is 12.5. The number of hydrogen-bond donors (Lipinski definition) is 3. The van der Waals surface area contributed by atoms with Gasteiger partial charge in [-0.1, -0.05) is 12.8 Å². The highest BCUT2D eigenvalue weighted by Gasteiger charge is 2.49. The third kappa shape index (κ3) is 2.62. The molecule has 1 saturated carbocycles. The highest BCUT2D eigenvalue weighted by atomic mass is 16.2. The molecular weight excluding hydrogens is 266 g/mol. The maximum Gasteiger partial charge on any atom is 0.252 e. The second kappa shape index (κ2) is 5.64. The maximum absolute atomic E-state index is 12.7. The van der Waals surface area contributed by atoms with Crippen LogP contribution in [0.5, 0.6) is 0 Å². The molecule has 5 nitrogen and oxygen atoms in total. The minimum Gasteiger partial charge on any atom is -0.351 e. The summed E-state index contributed by atoms with van der Waals surface area (Å²) in [5.74, 6) is 0.109. The summed E-state index contributed by atoms with van der Waals surface area (Å²) in [5.41, 5.74) is 1.24. The van der Waals surface area contributed by atoms with Gasteiger partial charge in [-0.05, 0) is 44.4 Å². The summed E-state index contributed by atoms with van der Waals surface area (Å²) in [6.07, 6.45) is 6.96. The standard InChI is InChI=1S/C16H23N3O2/c1-11-8-12(14(20)18-9-11)10-19-15(21)16-5-3-2-4-13(16)17-7-6-16/h8-9,13,17H,2-7,10H2,1H3,(H,18,20)(H,19,21)/t13-,16+/m0/s1. The van der Waals surface area contributed by atoms with Gasteiger partial charge < -0.3 is 15.6 Å². The molecule has 0 unspecified atom stereocenters. The molecule has 0 aromatic carbocycles. The highest BCUT2D eigenvalue weighted by Crippen LogP contribution is 2.42. The average molecular weight is 289 g/mol. The predicted molar refractivity (Wildman–Crippen MR) is 81.0 cm³/mol. The molecule has 0 bridgehead atoms. The van der Waals surface area contributed by atoms with Crippen molar-refractivity contribution >= 4 is 5.91 Å². The molecule has 21 heavy (non-hydrogen) atoms. The van der Waals surface area contributed by atoms with Crippen LogP contribution in [0, 0.1) is 12.3 Å². The van der Waals surface area contributed by atoms with Crippen molar-refractivity contribution in [2.24, 2.45) is 5.41 Å². The molecular formula is C16H23N3O2. The van der Waals surface area contributed by atoms with Crippen LogP contribution in [0.1, 0.15) is 43.2 Å². The molecule has 1 aromatic heterocycles. The van der Waals surface area contributed by atoms with E-state index in [1.807, 2.05) is 13.0 Å². The number of aromatic nitrogens is 1. The zero-order chi connectivity index (χ0) is 14.9. The minimum atomic E-state index is -0.255. The van der Waals surface area contributed by atoms with Crippen molar-refractivity contribution in [1.82, 2.24) is 15.6 Å². The van der Waals surface area contributed by atoms with Gasteiger partial charge in [-0.2, -0.15) is 0 Å². The van der Waals surface area contributed by atoms with E-state index in [2.05, 4.69) is 15.6 Å². The van der Waals surface area contributed by atoms with E-state index < -0.39 is 0 Å². The van der Waals surface area contributed by atoms with Crippen LogP contribution < -0.4 is 16.2 Å². The van der Waals surface area contributed by atoms with Gasteiger partial charge in [0.15, 0.2) is 0 Å². The van der Waals surface area contributed by atoms with Crippen molar-refractivity contribution in [2.75, 3.05) is 6.54 Å². The second-order valence-corrected chi connectivity index (χ2v) is 6.37. The molecule has 1 aliphatic carbocycles. The van der Waals surface area contributed by atoms with Crippen molar-refractivity contribution < 1.29 is 4.79 Å². The Kier molecular flexibility index (Phi) is 3.85. The molecule has 1 aliphatic heterocycles. The monoisotopic (exact) mass is 289 g/mol. The van der Waals surface area contributed by atoms with E-state index in [1.165, 1.54) is 6.42 Å². The topological polar surface area (TPSA) is 74.0 Å². The number of pyridine rings is 1. The van der Waals surface area contributed by atoms with E-state index in [1.54, 1.807) is 6.20 Å². The van der Waals surface area contributed by atoms with Crippen LogP contribution in [-0.4, -0.2) is 23.5 Å². The van der Waals surface area contributed by atoms with Gasteiger partial charge in [0.05, 0.1) is 5.41 Å². The molecule has 1 amide bonds. The number of aromatic amines is 1. The van der Waals surface area contributed by atoms with Gasteiger partial charge in [0.2, 0.25) is 5.91 Å². The number of fused-ring (bicyclic) bond motifs is 1. The fourth-order valence-electron chi connectivity index (χ4n) is 3.83. The lowest BCUT2D eigenvalue weighted by molar-refractivity contribution is -0.133. The average Bonchev–Trinajstić information content (AvgIpc) is 2.93. The number of aryl methyl sites for hydroxylation is 1. The molecule has 1 saturated heterocycles. The number of hydrogen-bond acceptors (Lipinski definition) is 3. The van der Waals surface area contributed by atoms with Crippen molar-refractivity contribution in [2.45, 2.75) is 51.6 Å². The third-order valence-corrected chi connectivity index (χ3v) is 5.01. The Hall–Kier alpha value is -1.62. The Morgan fingerprint density at radius 2 is 2.29 bits per heavy atom. The van der Waals surface area contributed by atoms with Crippen LogP contribution in [0.2, 0.25) is 0 Å². The van der Waals surface area contributed by atoms with Crippen molar-refractivity contribution in [3.05, 3.63) is 33.7 Å². The molecule has 2 fully saturated rings. The van der Waals surface area contributed by atoms with E-state index >= 15 is 0 Å². The maximum atomic E-state index is 12.7. The quantitative estimate of drug-likeness (QED) is 0.783. The van der Waals surface area contributed by atoms with Gasteiger partial charge in [-0.15, -0.1) is 0 Å². The van der Waals surface area contributed by atoms with Crippen molar-refractivity contribution in [3.63, 3.8) is 0 Å². The first kappa shape index (κ1) is 14.3. The van der Waals surface area contributed by atoms with Crippen LogP contribution in [0.4, 0.5) is 0 Å². The Morgan fingerprint density at radius 1 is 1.43 bits per heavy atom.